The Bertz CT molecular complexity index is 961. The summed E-state index contributed by atoms with van der Waals surface area (Å²) in [5, 5.41) is 14.0. The third-order valence-electron chi connectivity index (χ3n) is 3.64. The molecule has 1 N–H and O–H groups in total. The molecule has 0 aliphatic rings. The Morgan fingerprint density at radius 1 is 1.19 bits per heavy atom. The number of hydrogen-bond donors (Lipinski definition) is 1. The normalized spacial score (nSPS) is 10.7. The number of benzene rings is 2. The molecular weight excluding hydrogens is 360 g/mol. The number of ether oxygens (including phenoxy) is 2. The molecule has 27 heavy (non-hydrogen) atoms. The minimum atomic E-state index is -2.99. The molecule has 0 radical (unpaired) electrons. The first kappa shape index (κ1) is 18.2. The molecule has 2 aromatic carbocycles. The van der Waals surface area contributed by atoms with Crippen LogP contribution >= 0.6 is 0 Å². The molecular formula is C17H15F2N5O3. The second kappa shape index (κ2) is 7.77. The van der Waals surface area contributed by atoms with Crippen LogP contribution in [0.1, 0.15) is 10.4 Å². The Morgan fingerprint density at radius 2 is 2.00 bits per heavy atom. The lowest BCUT2D eigenvalue weighted by molar-refractivity contribution is -0.0512. The maximum absolute atomic E-state index is 12.5. The third kappa shape index (κ3) is 4.17. The molecule has 0 unspecified atom stereocenters. The summed E-state index contributed by atoms with van der Waals surface area (Å²) in [5.74, 6) is -0.0194. The highest BCUT2D eigenvalue weighted by Gasteiger charge is 2.15. The topological polar surface area (TPSA) is 91.2 Å². The number of hydrogen-bond acceptors (Lipinski definition) is 6. The predicted molar refractivity (Wildman–Crippen MR) is 91.8 cm³/mol. The van der Waals surface area contributed by atoms with Crippen LogP contribution in [0.2, 0.25) is 0 Å². The van der Waals surface area contributed by atoms with Gasteiger partial charge in [-0.3, -0.25) is 4.79 Å². The van der Waals surface area contributed by atoms with Crippen molar-refractivity contribution in [3.05, 3.63) is 48.0 Å². The Hall–Kier alpha value is -3.56. The van der Waals surface area contributed by atoms with E-state index in [-0.39, 0.29) is 17.1 Å². The van der Waals surface area contributed by atoms with Crippen molar-refractivity contribution in [1.29, 1.82) is 0 Å². The minimum absolute atomic E-state index is 0.0295. The predicted octanol–water partition coefficient (Wildman–Crippen LogP) is 2.74. The van der Waals surface area contributed by atoms with Gasteiger partial charge in [-0.25, -0.2) is 4.68 Å². The van der Waals surface area contributed by atoms with Crippen molar-refractivity contribution >= 4 is 11.6 Å². The van der Waals surface area contributed by atoms with Crippen LogP contribution in [0.5, 0.6) is 11.5 Å². The number of anilines is 1. The molecule has 0 bridgehead atoms. The molecule has 0 aliphatic heterocycles. The number of carbonyl (C=O) groups excluding carboxylic acids is 1. The molecule has 1 aromatic heterocycles. The first-order valence-electron chi connectivity index (χ1n) is 7.75. The lowest BCUT2D eigenvalue weighted by Gasteiger charge is -2.12. The average Bonchev–Trinajstić information content (AvgIpc) is 3.07. The van der Waals surface area contributed by atoms with Crippen molar-refractivity contribution in [3.63, 3.8) is 0 Å². The second-order valence-electron chi connectivity index (χ2n) is 5.41. The molecule has 8 nitrogen and oxygen atoms in total. The van der Waals surface area contributed by atoms with Gasteiger partial charge in [-0.15, -0.1) is 5.10 Å². The molecule has 1 heterocycles. The first-order valence-corrected chi connectivity index (χ1v) is 7.75. The van der Waals surface area contributed by atoms with Crippen LogP contribution in [0.25, 0.3) is 11.4 Å². The number of methoxy groups -OCH3 is 1. The highest BCUT2D eigenvalue weighted by Crippen LogP contribution is 2.30. The summed E-state index contributed by atoms with van der Waals surface area (Å²) in [5.41, 5.74) is 1.46. The van der Waals surface area contributed by atoms with Gasteiger partial charge in [-0.1, -0.05) is 12.1 Å². The molecule has 0 aliphatic carbocycles. The smallest absolute Gasteiger partial charge is 0.387 e. The van der Waals surface area contributed by atoms with Crippen LogP contribution in [-0.4, -0.2) is 39.8 Å². The fraction of sp³-hybridized carbons (Fsp3) is 0.176. The maximum atomic E-state index is 12.5. The maximum Gasteiger partial charge on any atom is 0.387 e. The van der Waals surface area contributed by atoms with Crippen molar-refractivity contribution in [2.45, 2.75) is 6.61 Å². The number of halogens is 2. The van der Waals surface area contributed by atoms with Crippen molar-refractivity contribution in [2.24, 2.45) is 7.05 Å². The molecule has 0 fully saturated rings. The van der Waals surface area contributed by atoms with Crippen molar-refractivity contribution in [3.8, 4) is 22.9 Å². The van der Waals surface area contributed by atoms with Gasteiger partial charge in [0.15, 0.2) is 17.3 Å². The van der Waals surface area contributed by atoms with Gasteiger partial charge in [0, 0.05) is 23.9 Å². The SMILES string of the molecule is COc1cc(C(=O)Nc2cccc(-c3nnnn3C)c2)ccc1OC(F)F. The largest absolute Gasteiger partial charge is 0.493 e. The van der Waals surface area contributed by atoms with E-state index in [9.17, 15) is 13.6 Å². The van der Waals surface area contributed by atoms with Gasteiger partial charge < -0.3 is 14.8 Å². The van der Waals surface area contributed by atoms with Crippen LogP contribution in [0.3, 0.4) is 0 Å². The Labute approximate surface area is 152 Å². The molecule has 140 valence electrons. The second-order valence-corrected chi connectivity index (χ2v) is 5.41. The van der Waals surface area contributed by atoms with Gasteiger partial charge in [0.1, 0.15) is 0 Å². The van der Waals surface area contributed by atoms with Crippen molar-refractivity contribution < 1.29 is 23.0 Å². The Balaban J connectivity index is 1.80. The molecule has 3 rings (SSSR count). The van der Waals surface area contributed by atoms with E-state index in [2.05, 4.69) is 25.6 Å². The van der Waals surface area contributed by atoms with E-state index in [1.807, 2.05) is 0 Å². The zero-order chi connectivity index (χ0) is 19.4. The Morgan fingerprint density at radius 3 is 2.67 bits per heavy atom. The number of rotatable bonds is 6. The quantitative estimate of drug-likeness (QED) is 0.712. The number of alkyl halides is 2. The standard InChI is InChI=1S/C17H15F2N5O3/c1-24-15(21-22-23-24)10-4-3-5-12(8-10)20-16(25)11-6-7-13(27-17(18)19)14(9-11)26-2/h3-9,17H,1-2H3,(H,20,25). The number of amides is 1. The summed E-state index contributed by atoms with van der Waals surface area (Å²) in [6, 6.07) is 10.9. The van der Waals surface area contributed by atoms with Crippen LogP contribution < -0.4 is 14.8 Å². The third-order valence-corrected chi connectivity index (χ3v) is 3.64. The summed E-state index contributed by atoms with van der Waals surface area (Å²) in [6.45, 7) is -2.99. The van der Waals surface area contributed by atoms with E-state index in [4.69, 9.17) is 4.74 Å². The highest BCUT2D eigenvalue weighted by molar-refractivity contribution is 6.04. The van der Waals surface area contributed by atoms with Gasteiger partial charge >= 0.3 is 6.61 Å². The fourth-order valence-electron chi connectivity index (χ4n) is 2.42. The lowest BCUT2D eigenvalue weighted by atomic mass is 10.1. The number of tetrazole rings is 1. The molecule has 3 aromatic rings. The average molecular weight is 375 g/mol. The molecule has 0 spiro atoms. The van der Waals surface area contributed by atoms with E-state index >= 15 is 0 Å². The first-order chi connectivity index (χ1) is 13.0. The van der Waals surface area contributed by atoms with Gasteiger partial charge in [0.25, 0.3) is 5.91 Å². The van der Waals surface area contributed by atoms with E-state index < -0.39 is 12.5 Å². The number of carbonyl (C=O) groups is 1. The van der Waals surface area contributed by atoms with Crippen LogP contribution in [-0.2, 0) is 7.05 Å². The van der Waals surface area contributed by atoms with Gasteiger partial charge in [-0.05, 0) is 40.8 Å². The monoisotopic (exact) mass is 375 g/mol. The van der Waals surface area contributed by atoms with Gasteiger partial charge in [0.2, 0.25) is 0 Å². The van der Waals surface area contributed by atoms with E-state index in [0.717, 1.165) is 5.56 Å². The van der Waals surface area contributed by atoms with Gasteiger partial charge in [0.05, 0.1) is 7.11 Å². The summed E-state index contributed by atoms with van der Waals surface area (Å²) < 4.78 is 35.6. The van der Waals surface area contributed by atoms with E-state index in [0.29, 0.717) is 11.5 Å². The van der Waals surface area contributed by atoms with E-state index in [1.165, 1.54) is 30.0 Å². The number of aryl methyl sites for hydroxylation is 1. The van der Waals surface area contributed by atoms with Crippen molar-refractivity contribution in [2.75, 3.05) is 12.4 Å². The van der Waals surface area contributed by atoms with Crippen LogP contribution in [0, 0.1) is 0 Å². The minimum Gasteiger partial charge on any atom is -0.493 e. The van der Waals surface area contributed by atoms with Crippen molar-refractivity contribution in [1.82, 2.24) is 20.2 Å². The summed E-state index contributed by atoms with van der Waals surface area (Å²) in [4.78, 5) is 12.5. The molecule has 0 saturated carbocycles. The zero-order valence-corrected chi connectivity index (χ0v) is 14.4. The number of aromatic nitrogens is 4. The summed E-state index contributed by atoms with van der Waals surface area (Å²) in [7, 11) is 3.00. The number of nitrogens with zero attached hydrogens (tertiary/aromatic N) is 4. The van der Waals surface area contributed by atoms with E-state index in [1.54, 1.807) is 31.3 Å². The summed E-state index contributed by atoms with van der Waals surface area (Å²) >= 11 is 0. The zero-order valence-electron chi connectivity index (χ0n) is 14.4. The molecule has 0 saturated heterocycles. The van der Waals surface area contributed by atoms with Gasteiger partial charge in [-0.2, -0.15) is 8.78 Å². The molecule has 0 atom stereocenters. The molecule has 10 heteroatoms. The lowest BCUT2D eigenvalue weighted by Crippen LogP contribution is -2.12. The van der Waals surface area contributed by atoms with Crippen LogP contribution in [0.15, 0.2) is 42.5 Å². The highest BCUT2D eigenvalue weighted by atomic mass is 19.3. The Kier molecular flexibility index (Phi) is 5.25. The summed E-state index contributed by atoms with van der Waals surface area (Å²) in [6.07, 6.45) is 0. The van der Waals surface area contributed by atoms with Crippen LogP contribution in [0.4, 0.5) is 14.5 Å². The number of nitrogens with one attached hydrogen (secondary N) is 1. The fourth-order valence-corrected chi connectivity index (χ4v) is 2.42. The molecule has 1 amide bonds.